The Kier molecular flexibility index (Phi) is 7.12. The van der Waals surface area contributed by atoms with Crippen molar-refractivity contribution in [2.24, 2.45) is 5.92 Å². The van der Waals surface area contributed by atoms with E-state index in [1.165, 1.54) is 11.9 Å². The molecule has 1 aliphatic rings. The van der Waals surface area contributed by atoms with E-state index in [-0.39, 0.29) is 12.5 Å². The third kappa shape index (κ3) is 5.57. The van der Waals surface area contributed by atoms with Crippen molar-refractivity contribution in [1.82, 2.24) is 10.2 Å². The molecule has 0 radical (unpaired) electrons. The predicted molar refractivity (Wildman–Crippen MR) is 86.4 cm³/mol. The summed E-state index contributed by atoms with van der Waals surface area (Å²) >= 11 is 0. The third-order valence-electron chi connectivity index (χ3n) is 4.38. The maximum atomic E-state index is 11.7. The molecule has 0 aromatic carbocycles. The number of carbonyl (C=O) groups is 2. The van der Waals surface area contributed by atoms with Crippen LogP contribution in [-0.2, 0) is 4.74 Å². The molecule has 2 atom stereocenters. The Balaban J connectivity index is 2.97. The number of carbonyl (C=O) groups excluding carboxylic acids is 1. The fourth-order valence-corrected chi connectivity index (χ4v) is 3.28. The lowest BCUT2D eigenvalue weighted by Crippen LogP contribution is -2.59. The second-order valence-electron chi connectivity index (χ2n) is 7.13. The Morgan fingerprint density at radius 1 is 1.26 bits per heavy atom. The molecule has 1 aliphatic carbocycles. The van der Waals surface area contributed by atoms with E-state index < -0.39 is 29.9 Å². The van der Waals surface area contributed by atoms with Gasteiger partial charge in [-0.2, -0.15) is 0 Å². The van der Waals surface area contributed by atoms with Crippen LogP contribution in [-0.4, -0.2) is 58.6 Å². The Morgan fingerprint density at radius 2 is 1.83 bits per heavy atom. The summed E-state index contributed by atoms with van der Waals surface area (Å²) < 4.78 is 5.08. The summed E-state index contributed by atoms with van der Waals surface area (Å²) in [5.41, 5.74) is -0.710. The van der Waals surface area contributed by atoms with Gasteiger partial charge < -0.3 is 20.3 Å². The molecule has 0 aromatic rings. The topological polar surface area (TPSA) is 99.1 Å². The molecule has 0 aromatic heterocycles. The molecule has 0 spiro atoms. The average molecular weight is 330 g/mol. The minimum absolute atomic E-state index is 0.0336. The molecule has 3 N–H and O–H groups in total. The Morgan fingerprint density at radius 3 is 2.26 bits per heavy atom. The van der Waals surface area contributed by atoms with Crippen LogP contribution in [0.5, 0.6) is 0 Å². The SMILES string of the molecule is CNC(=O)OC[C@H]([C@@H](O)C1CCCCC1)N(C(=O)O)C(C)(C)C. The number of alkyl carbamates (subject to hydrolysis) is 1. The van der Waals surface area contributed by atoms with Crippen LogP contribution in [0, 0.1) is 5.92 Å². The number of amides is 2. The highest BCUT2D eigenvalue weighted by molar-refractivity contribution is 5.68. The van der Waals surface area contributed by atoms with Crippen LogP contribution in [0.3, 0.4) is 0 Å². The lowest BCUT2D eigenvalue weighted by atomic mass is 9.81. The van der Waals surface area contributed by atoms with E-state index >= 15 is 0 Å². The average Bonchev–Trinajstić information content (AvgIpc) is 2.49. The van der Waals surface area contributed by atoms with Crippen LogP contribution in [0.1, 0.15) is 52.9 Å². The normalized spacial score (nSPS) is 18.8. The molecule has 7 heteroatoms. The number of aliphatic hydroxyl groups excluding tert-OH is 1. The summed E-state index contributed by atoms with van der Waals surface area (Å²) in [7, 11) is 1.44. The van der Waals surface area contributed by atoms with Gasteiger partial charge in [-0.1, -0.05) is 19.3 Å². The van der Waals surface area contributed by atoms with Gasteiger partial charge in [0, 0.05) is 12.6 Å². The minimum Gasteiger partial charge on any atom is -0.465 e. The second kappa shape index (κ2) is 8.38. The van der Waals surface area contributed by atoms with Gasteiger partial charge in [-0.15, -0.1) is 0 Å². The molecule has 134 valence electrons. The highest BCUT2D eigenvalue weighted by atomic mass is 16.5. The monoisotopic (exact) mass is 330 g/mol. The van der Waals surface area contributed by atoms with E-state index in [1.54, 1.807) is 20.8 Å². The largest absolute Gasteiger partial charge is 0.465 e. The summed E-state index contributed by atoms with van der Waals surface area (Å²) in [5.74, 6) is 0.0336. The van der Waals surface area contributed by atoms with Crippen LogP contribution in [0.25, 0.3) is 0 Å². The van der Waals surface area contributed by atoms with E-state index in [4.69, 9.17) is 4.74 Å². The summed E-state index contributed by atoms with van der Waals surface area (Å²) in [6, 6.07) is -0.784. The molecule has 0 heterocycles. The molecule has 0 saturated heterocycles. The molecule has 0 unspecified atom stereocenters. The van der Waals surface area contributed by atoms with Gasteiger partial charge in [0.2, 0.25) is 0 Å². The van der Waals surface area contributed by atoms with Crippen molar-refractivity contribution in [1.29, 1.82) is 0 Å². The molecule has 1 fully saturated rings. The lowest BCUT2D eigenvalue weighted by molar-refractivity contribution is -0.0472. The summed E-state index contributed by atoms with van der Waals surface area (Å²) in [4.78, 5) is 24.3. The van der Waals surface area contributed by atoms with E-state index in [9.17, 15) is 19.8 Å². The molecule has 7 nitrogen and oxygen atoms in total. The summed E-state index contributed by atoms with van der Waals surface area (Å²) in [5, 5.41) is 22.7. The maximum absolute atomic E-state index is 11.7. The lowest BCUT2D eigenvalue weighted by Gasteiger charge is -2.43. The van der Waals surface area contributed by atoms with Crippen LogP contribution < -0.4 is 5.32 Å². The smallest absolute Gasteiger partial charge is 0.408 e. The number of nitrogens with zero attached hydrogens (tertiary/aromatic N) is 1. The number of aliphatic hydroxyl groups is 1. The Hall–Kier alpha value is -1.50. The van der Waals surface area contributed by atoms with E-state index in [0.717, 1.165) is 32.1 Å². The van der Waals surface area contributed by atoms with Gasteiger partial charge in [0.25, 0.3) is 0 Å². The molecule has 0 bridgehead atoms. The number of hydrogen-bond acceptors (Lipinski definition) is 4. The summed E-state index contributed by atoms with van der Waals surface area (Å²) in [6.07, 6.45) is 2.34. The first-order valence-corrected chi connectivity index (χ1v) is 8.23. The number of ether oxygens (including phenoxy) is 1. The number of hydrogen-bond donors (Lipinski definition) is 3. The fraction of sp³-hybridized carbons (Fsp3) is 0.875. The van der Waals surface area contributed by atoms with Crippen molar-refractivity contribution in [2.45, 2.75) is 70.6 Å². The predicted octanol–water partition coefficient (Wildman–Crippen LogP) is 2.43. The van der Waals surface area contributed by atoms with Gasteiger partial charge in [-0.3, -0.25) is 4.90 Å². The van der Waals surface area contributed by atoms with E-state index in [1.807, 2.05) is 0 Å². The standard InChI is InChI=1S/C16H30N2O5/c1-16(2,3)18(15(21)22)12(10-23-14(20)17-4)13(19)11-8-6-5-7-9-11/h11-13,19H,5-10H2,1-4H3,(H,17,20)(H,21,22)/t12-,13+/m1/s1. The molecular formula is C16H30N2O5. The van der Waals surface area contributed by atoms with Crippen LogP contribution in [0.4, 0.5) is 9.59 Å². The van der Waals surface area contributed by atoms with Crippen LogP contribution in [0.15, 0.2) is 0 Å². The highest BCUT2D eigenvalue weighted by Gasteiger charge is 2.41. The van der Waals surface area contributed by atoms with Gasteiger partial charge >= 0.3 is 12.2 Å². The minimum atomic E-state index is -1.13. The molecule has 1 saturated carbocycles. The molecular weight excluding hydrogens is 300 g/mol. The molecule has 0 aliphatic heterocycles. The van der Waals surface area contributed by atoms with Gasteiger partial charge in [0.1, 0.15) is 6.61 Å². The zero-order valence-electron chi connectivity index (χ0n) is 14.5. The van der Waals surface area contributed by atoms with Gasteiger partial charge in [0.15, 0.2) is 0 Å². The van der Waals surface area contributed by atoms with Gasteiger partial charge in [0.05, 0.1) is 12.1 Å². The molecule has 2 amide bonds. The first-order chi connectivity index (χ1) is 10.7. The van der Waals surface area contributed by atoms with Crippen molar-refractivity contribution in [3.8, 4) is 0 Å². The molecule has 23 heavy (non-hydrogen) atoms. The van der Waals surface area contributed by atoms with E-state index in [2.05, 4.69) is 5.32 Å². The van der Waals surface area contributed by atoms with Gasteiger partial charge in [-0.05, 0) is 39.5 Å². The number of carboxylic acid groups (broad SMARTS) is 1. The van der Waals surface area contributed by atoms with E-state index in [0.29, 0.717) is 0 Å². The fourth-order valence-electron chi connectivity index (χ4n) is 3.28. The zero-order chi connectivity index (χ0) is 17.6. The van der Waals surface area contributed by atoms with Crippen molar-refractivity contribution >= 4 is 12.2 Å². The third-order valence-corrected chi connectivity index (χ3v) is 4.38. The first kappa shape index (κ1) is 19.5. The van der Waals surface area contributed by atoms with Crippen molar-refractivity contribution in [2.75, 3.05) is 13.7 Å². The van der Waals surface area contributed by atoms with Gasteiger partial charge in [-0.25, -0.2) is 9.59 Å². The number of nitrogens with one attached hydrogen (secondary N) is 1. The first-order valence-electron chi connectivity index (χ1n) is 8.23. The van der Waals surface area contributed by atoms with Crippen LogP contribution in [0.2, 0.25) is 0 Å². The van der Waals surface area contributed by atoms with Crippen molar-refractivity contribution in [3.05, 3.63) is 0 Å². The number of rotatable bonds is 5. The van der Waals surface area contributed by atoms with Crippen molar-refractivity contribution in [3.63, 3.8) is 0 Å². The second-order valence-corrected chi connectivity index (χ2v) is 7.13. The van der Waals surface area contributed by atoms with Crippen molar-refractivity contribution < 1.29 is 24.5 Å². The highest BCUT2D eigenvalue weighted by Crippen LogP contribution is 2.31. The Labute approximate surface area is 138 Å². The maximum Gasteiger partial charge on any atom is 0.408 e. The molecule has 1 rings (SSSR count). The zero-order valence-corrected chi connectivity index (χ0v) is 14.5. The Bertz CT molecular complexity index is 402. The quantitative estimate of drug-likeness (QED) is 0.719. The summed E-state index contributed by atoms with van der Waals surface area (Å²) in [6.45, 7) is 5.13. The van der Waals surface area contributed by atoms with Crippen LogP contribution >= 0.6 is 0 Å².